The number of nitrogens with zero attached hydrogens (tertiary/aromatic N) is 4. The summed E-state index contributed by atoms with van der Waals surface area (Å²) in [6.45, 7) is 8.43. The Hall–Kier alpha value is -3.36. The third-order valence-corrected chi connectivity index (χ3v) is 6.71. The second kappa shape index (κ2) is 10.9. The molecule has 35 heavy (non-hydrogen) atoms. The first-order valence-electron chi connectivity index (χ1n) is 12.1. The number of aryl methyl sites for hydroxylation is 2. The van der Waals surface area contributed by atoms with Gasteiger partial charge in [0.05, 0.1) is 26.0 Å². The summed E-state index contributed by atoms with van der Waals surface area (Å²) in [6, 6.07) is 11.9. The van der Waals surface area contributed by atoms with Gasteiger partial charge in [-0.2, -0.15) is 5.10 Å². The Kier molecular flexibility index (Phi) is 7.73. The van der Waals surface area contributed by atoms with Crippen molar-refractivity contribution in [3.05, 3.63) is 65.5 Å². The third-order valence-electron chi connectivity index (χ3n) is 6.71. The van der Waals surface area contributed by atoms with Crippen LogP contribution in [-0.2, 0) is 7.05 Å². The number of hydrogen-bond acceptors (Lipinski definition) is 6. The average Bonchev–Trinajstić information content (AvgIpc) is 3.30. The molecule has 1 aliphatic heterocycles. The molecule has 0 bridgehead atoms. The first-order valence-corrected chi connectivity index (χ1v) is 12.1. The number of nitrogens with one attached hydrogen (secondary N) is 1. The predicted molar refractivity (Wildman–Crippen MR) is 138 cm³/mol. The van der Waals surface area contributed by atoms with Crippen molar-refractivity contribution in [2.45, 2.75) is 19.9 Å². The minimum absolute atomic E-state index is 0.0884. The lowest BCUT2D eigenvalue weighted by Gasteiger charge is -2.36. The Morgan fingerprint density at radius 3 is 2.60 bits per heavy atom. The predicted octanol–water partition coefficient (Wildman–Crippen LogP) is 3.01. The molecule has 1 aromatic heterocycles. The molecule has 0 aliphatic carbocycles. The van der Waals surface area contributed by atoms with Crippen LogP contribution in [0, 0.1) is 6.92 Å². The van der Waals surface area contributed by atoms with E-state index in [0.29, 0.717) is 12.1 Å². The van der Waals surface area contributed by atoms with Crippen LogP contribution in [0.5, 0.6) is 5.75 Å². The maximum atomic E-state index is 13.3. The molecule has 0 radical (unpaired) electrons. The molecule has 4 rings (SSSR count). The van der Waals surface area contributed by atoms with E-state index >= 15 is 0 Å². The second-order valence-electron chi connectivity index (χ2n) is 9.11. The number of carbonyl (C=O) groups is 1. The highest BCUT2D eigenvalue weighted by Crippen LogP contribution is 2.32. The molecule has 0 spiro atoms. The lowest BCUT2D eigenvalue weighted by atomic mass is 10.00. The lowest BCUT2D eigenvalue weighted by molar-refractivity contribution is 0.0939. The Bertz CT molecular complexity index is 1170. The first-order chi connectivity index (χ1) is 16.9. The Morgan fingerprint density at radius 2 is 1.94 bits per heavy atom. The van der Waals surface area contributed by atoms with Gasteiger partial charge in [0.25, 0.3) is 5.91 Å². The van der Waals surface area contributed by atoms with Crippen molar-refractivity contribution in [3.63, 3.8) is 0 Å². The van der Waals surface area contributed by atoms with Crippen molar-refractivity contribution in [2.75, 3.05) is 51.3 Å². The van der Waals surface area contributed by atoms with E-state index in [4.69, 9.17) is 4.74 Å². The van der Waals surface area contributed by atoms with Crippen molar-refractivity contribution >= 4 is 11.6 Å². The van der Waals surface area contributed by atoms with Crippen LogP contribution in [0.25, 0.3) is 11.1 Å². The molecule has 2 heterocycles. The van der Waals surface area contributed by atoms with E-state index in [1.807, 2.05) is 57.6 Å². The Balaban J connectivity index is 1.49. The number of benzene rings is 2. The van der Waals surface area contributed by atoms with Crippen LogP contribution in [0.15, 0.2) is 48.8 Å². The summed E-state index contributed by atoms with van der Waals surface area (Å²) in [4.78, 5) is 17.9. The monoisotopic (exact) mass is 477 g/mol. The van der Waals surface area contributed by atoms with Crippen molar-refractivity contribution in [1.29, 1.82) is 0 Å². The number of ether oxygens (including phenoxy) is 1. The average molecular weight is 478 g/mol. The molecule has 1 atom stereocenters. The molecule has 1 amide bonds. The van der Waals surface area contributed by atoms with E-state index in [-0.39, 0.29) is 18.6 Å². The number of aliphatic hydroxyl groups excluding tert-OH is 1. The molecule has 2 aromatic carbocycles. The Labute approximate surface area is 207 Å². The van der Waals surface area contributed by atoms with Crippen LogP contribution in [0.4, 0.5) is 5.69 Å². The maximum Gasteiger partial charge on any atom is 0.252 e. The number of rotatable bonds is 8. The zero-order valence-electron chi connectivity index (χ0n) is 21.0. The highest BCUT2D eigenvalue weighted by Gasteiger charge is 2.20. The van der Waals surface area contributed by atoms with E-state index in [9.17, 15) is 9.90 Å². The summed E-state index contributed by atoms with van der Waals surface area (Å²) in [5.41, 5.74) is 5.59. The SMILES string of the molecule is COc1ccc([C@@H](C)NC(=O)c2cc(N3CCN(CCO)CC3)ccc2C)cc1-c1cnn(C)c1. The van der Waals surface area contributed by atoms with Crippen LogP contribution in [-0.4, -0.2) is 72.1 Å². The van der Waals surface area contributed by atoms with Gasteiger partial charge in [0.1, 0.15) is 5.75 Å². The Morgan fingerprint density at radius 1 is 1.17 bits per heavy atom. The van der Waals surface area contributed by atoms with E-state index in [2.05, 4.69) is 32.3 Å². The fourth-order valence-corrected chi connectivity index (χ4v) is 4.56. The molecule has 3 aromatic rings. The molecule has 2 N–H and O–H groups in total. The van der Waals surface area contributed by atoms with Crippen LogP contribution < -0.4 is 15.0 Å². The number of anilines is 1. The van der Waals surface area contributed by atoms with Gasteiger partial charge in [-0.25, -0.2) is 0 Å². The van der Waals surface area contributed by atoms with Crippen LogP contribution in [0.2, 0.25) is 0 Å². The molecule has 0 saturated carbocycles. The highest BCUT2D eigenvalue weighted by atomic mass is 16.5. The van der Waals surface area contributed by atoms with Gasteiger partial charge < -0.3 is 20.1 Å². The quantitative estimate of drug-likeness (QED) is 0.519. The van der Waals surface area contributed by atoms with E-state index in [0.717, 1.165) is 59.9 Å². The topological polar surface area (TPSA) is 82.9 Å². The van der Waals surface area contributed by atoms with Gasteiger partial charge in [0.2, 0.25) is 0 Å². The fourth-order valence-electron chi connectivity index (χ4n) is 4.56. The number of methoxy groups -OCH3 is 1. The van der Waals surface area contributed by atoms with Crippen molar-refractivity contribution in [2.24, 2.45) is 7.05 Å². The summed E-state index contributed by atoms with van der Waals surface area (Å²) < 4.78 is 7.32. The molecule has 1 saturated heterocycles. The smallest absolute Gasteiger partial charge is 0.252 e. The van der Waals surface area contributed by atoms with Crippen molar-refractivity contribution in [1.82, 2.24) is 20.0 Å². The van der Waals surface area contributed by atoms with Crippen molar-refractivity contribution < 1.29 is 14.6 Å². The molecular weight excluding hydrogens is 442 g/mol. The third kappa shape index (κ3) is 5.66. The fraction of sp³-hybridized carbons (Fsp3) is 0.407. The minimum Gasteiger partial charge on any atom is -0.496 e. The molecule has 186 valence electrons. The van der Waals surface area contributed by atoms with Gasteiger partial charge in [-0.3, -0.25) is 14.4 Å². The summed E-state index contributed by atoms with van der Waals surface area (Å²) in [7, 11) is 3.54. The molecule has 8 nitrogen and oxygen atoms in total. The second-order valence-corrected chi connectivity index (χ2v) is 9.11. The van der Waals surface area contributed by atoms with Gasteiger partial charge >= 0.3 is 0 Å². The zero-order valence-corrected chi connectivity index (χ0v) is 21.0. The summed E-state index contributed by atoms with van der Waals surface area (Å²) in [5.74, 6) is 0.678. The van der Waals surface area contributed by atoms with Gasteiger partial charge in [0, 0.05) is 68.3 Å². The van der Waals surface area contributed by atoms with Gasteiger partial charge in [0.15, 0.2) is 0 Å². The summed E-state index contributed by atoms with van der Waals surface area (Å²) >= 11 is 0. The molecule has 1 fully saturated rings. The number of aromatic nitrogens is 2. The largest absolute Gasteiger partial charge is 0.496 e. The van der Waals surface area contributed by atoms with Gasteiger partial charge in [-0.15, -0.1) is 0 Å². The maximum absolute atomic E-state index is 13.3. The first kappa shape index (κ1) is 24.8. The van der Waals surface area contributed by atoms with Crippen LogP contribution in [0.3, 0.4) is 0 Å². The zero-order chi connectivity index (χ0) is 24.9. The summed E-state index contributed by atoms with van der Waals surface area (Å²) in [6.07, 6.45) is 3.76. The van der Waals surface area contributed by atoms with Crippen LogP contribution in [0.1, 0.15) is 34.5 Å². The number of aliphatic hydroxyl groups is 1. The molecule has 8 heteroatoms. The van der Waals surface area contributed by atoms with Gasteiger partial charge in [-0.05, 0) is 49.2 Å². The van der Waals surface area contributed by atoms with Crippen molar-refractivity contribution in [3.8, 4) is 16.9 Å². The van der Waals surface area contributed by atoms with E-state index in [1.54, 1.807) is 11.8 Å². The van der Waals surface area contributed by atoms with E-state index in [1.165, 1.54) is 0 Å². The van der Waals surface area contributed by atoms with Gasteiger partial charge in [-0.1, -0.05) is 12.1 Å². The molecular formula is C27H35N5O3. The number of hydrogen-bond donors (Lipinski definition) is 2. The van der Waals surface area contributed by atoms with Crippen LogP contribution >= 0.6 is 0 Å². The minimum atomic E-state index is -0.186. The number of β-amino-alcohol motifs (C(OH)–C–C–N with tert-alkyl or cyclic N) is 1. The number of amides is 1. The number of carbonyl (C=O) groups excluding carboxylic acids is 1. The standard InChI is InChI=1S/C27H35N5O3/c1-19-5-7-23(32-11-9-31(10-12-32)13-14-33)16-24(19)27(34)29-20(2)21-6-8-26(35-4)25(15-21)22-17-28-30(3)18-22/h5-8,15-18,20,33H,9-14H2,1-4H3,(H,29,34)/t20-/m1/s1. The molecule has 0 unspecified atom stereocenters. The summed E-state index contributed by atoms with van der Waals surface area (Å²) in [5, 5.41) is 16.6. The number of piperazine rings is 1. The van der Waals surface area contributed by atoms with E-state index < -0.39 is 0 Å². The normalized spacial score (nSPS) is 15.2. The highest BCUT2D eigenvalue weighted by molar-refractivity contribution is 5.97. The lowest BCUT2D eigenvalue weighted by Crippen LogP contribution is -2.47. The molecule has 1 aliphatic rings.